The summed E-state index contributed by atoms with van der Waals surface area (Å²) in [6.07, 6.45) is -1.55. The van der Waals surface area contributed by atoms with E-state index in [0.29, 0.717) is 13.0 Å². The third kappa shape index (κ3) is 4.71. The Morgan fingerprint density at radius 1 is 1.09 bits per heavy atom. The smallest absolute Gasteiger partial charge is 0.407 e. The monoisotopic (exact) mass is 452 g/mol. The number of ether oxygens (including phenoxy) is 1. The van der Waals surface area contributed by atoms with Crippen molar-refractivity contribution in [1.82, 2.24) is 10.2 Å². The SMILES string of the molecule is CC1C(C(=O)O)CCN1C(=O)CC(O)CNC(=O)OCC1c2ccccc2-c2ccccc21. The van der Waals surface area contributed by atoms with E-state index in [1.165, 1.54) is 4.90 Å². The van der Waals surface area contributed by atoms with E-state index < -0.39 is 30.1 Å². The molecule has 1 aliphatic carbocycles. The zero-order chi connectivity index (χ0) is 23.5. The highest BCUT2D eigenvalue weighted by atomic mass is 16.5. The Morgan fingerprint density at radius 3 is 2.27 bits per heavy atom. The largest absolute Gasteiger partial charge is 0.481 e. The topological polar surface area (TPSA) is 116 Å². The molecule has 33 heavy (non-hydrogen) atoms. The number of likely N-dealkylation sites (tertiary alicyclic amines) is 1. The van der Waals surface area contributed by atoms with Gasteiger partial charge in [-0.3, -0.25) is 9.59 Å². The number of carbonyl (C=O) groups excluding carboxylic acids is 2. The highest BCUT2D eigenvalue weighted by Crippen LogP contribution is 2.44. The van der Waals surface area contributed by atoms with Crippen molar-refractivity contribution >= 4 is 18.0 Å². The number of carboxylic acids is 1. The Bertz CT molecular complexity index is 1010. The number of aliphatic hydroxyl groups excluding tert-OH is 1. The number of carbonyl (C=O) groups is 3. The maximum Gasteiger partial charge on any atom is 0.407 e. The number of nitrogens with one attached hydrogen (secondary N) is 1. The first kappa shape index (κ1) is 22.8. The maximum absolute atomic E-state index is 12.4. The van der Waals surface area contributed by atoms with Crippen LogP contribution in [0.4, 0.5) is 4.79 Å². The van der Waals surface area contributed by atoms with Crippen molar-refractivity contribution in [3.8, 4) is 11.1 Å². The van der Waals surface area contributed by atoms with Crippen molar-refractivity contribution in [3.05, 3.63) is 59.7 Å². The Morgan fingerprint density at radius 2 is 1.70 bits per heavy atom. The second-order valence-corrected chi connectivity index (χ2v) is 8.63. The minimum absolute atomic E-state index is 0.0616. The molecule has 1 fully saturated rings. The number of benzene rings is 2. The van der Waals surface area contributed by atoms with Gasteiger partial charge < -0.3 is 25.2 Å². The Hall–Kier alpha value is -3.39. The first-order valence-electron chi connectivity index (χ1n) is 11.2. The van der Waals surface area contributed by atoms with Gasteiger partial charge in [-0.1, -0.05) is 48.5 Å². The Balaban J connectivity index is 1.26. The average molecular weight is 453 g/mol. The molecule has 2 amide bonds. The Kier molecular flexibility index (Phi) is 6.65. The summed E-state index contributed by atoms with van der Waals surface area (Å²) in [7, 11) is 0. The number of fused-ring (bicyclic) bond motifs is 3. The molecule has 0 bridgehead atoms. The van der Waals surface area contributed by atoms with Gasteiger partial charge in [0.25, 0.3) is 0 Å². The van der Waals surface area contributed by atoms with Gasteiger partial charge in [0, 0.05) is 25.0 Å². The van der Waals surface area contributed by atoms with E-state index in [0.717, 1.165) is 22.3 Å². The number of hydrogen-bond donors (Lipinski definition) is 3. The lowest BCUT2D eigenvalue weighted by Gasteiger charge is -2.24. The quantitative estimate of drug-likeness (QED) is 0.595. The molecule has 3 N–H and O–H groups in total. The van der Waals surface area contributed by atoms with Gasteiger partial charge >= 0.3 is 12.1 Å². The fourth-order valence-electron chi connectivity index (χ4n) is 4.86. The third-order valence-electron chi connectivity index (χ3n) is 6.63. The van der Waals surface area contributed by atoms with E-state index in [1.54, 1.807) is 6.92 Å². The fourth-order valence-corrected chi connectivity index (χ4v) is 4.86. The number of aliphatic carboxylic acids is 1. The van der Waals surface area contributed by atoms with Gasteiger partial charge in [-0.15, -0.1) is 0 Å². The molecule has 8 heteroatoms. The lowest BCUT2D eigenvalue weighted by Crippen LogP contribution is -2.41. The highest BCUT2D eigenvalue weighted by molar-refractivity contribution is 5.80. The minimum Gasteiger partial charge on any atom is -0.481 e. The van der Waals surface area contributed by atoms with Gasteiger partial charge in [-0.25, -0.2) is 4.79 Å². The van der Waals surface area contributed by atoms with Crippen LogP contribution in [-0.4, -0.2) is 64.9 Å². The van der Waals surface area contributed by atoms with Crippen molar-refractivity contribution in [2.75, 3.05) is 19.7 Å². The number of nitrogens with zero attached hydrogens (tertiary/aromatic N) is 1. The van der Waals surface area contributed by atoms with Gasteiger partial charge in [0.15, 0.2) is 0 Å². The van der Waals surface area contributed by atoms with Crippen LogP contribution in [0.1, 0.15) is 36.8 Å². The summed E-state index contributed by atoms with van der Waals surface area (Å²) in [5.74, 6) is -1.90. The molecule has 0 spiro atoms. The molecule has 0 saturated carbocycles. The molecule has 1 heterocycles. The van der Waals surface area contributed by atoms with Crippen LogP contribution in [0, 0.1) is 5.92 Å². The molecule has 1 saturated heterocycles. The fraction of sp³-hybridized carbons (Fsp3) is 0.400. The summed E-state index contributed by atoms with van der Waals surface area (Å²) in [4.78, 5) is 37.4. The number of hydrogen-bond acceptors (Lipinski definition) is 5. The molecular weight excluding hydrogens is 424 g/mol. The van der Waals surface area contributed by atoms with E-state index in [2.05, 4.69) is 17.4 Å². The molecule has 1 aliphatic heterocycles. The summed E-state index contributed by atoms with van der Waals surface area (Å²) < 4.78 is 5.43. The van der Waals surface area contributed by atoms with Crippen LogP contribution >= 0.6 is 0 Å². The van der Waals surface area contributed by atoms with Crippen LogP contribution in [0.2, 0.25) is 0 Å². The molecule has 2 aliphatic rings. The third-order valence-corrected chi connectivity index (χ3v) is 6.63. The maximum atomic E-state index is 12.4. The van der Waals surface area contributed by atoms with Crippen LogP contribution in [0.25, 0.3) is 11.1 Å². The summed E-state index contributed by atoms with van der Waals surface area (Å²) >= 11 is 0. The summed E-state index contributed by atoms with van der Waals surface area (Å²) in [5, 5.41) is 21.9. The second kappa shape index (κ2) is 9.62. The molecule has 2 aromatic rings. The number of carboxylic acid groups (broad SMARTS) is 1. The van der Waals surface area contributed by atoms with E-state index in [9.17, 15) is 24.6 Å². The van der Waals surface area contributed by atoms with Crippen LogP contribution in [0.3, 0.4) is 0 Å². The molecular formula is C25H28N2O6. The van der Waals surface area contributed by atoms with Gasteiger partial charge in [-0.05, 0) is 35.6 Å². The molecule has 4 rings (SSSR count). The standard InChI is InChI=1S/C25H28N2O6/c1-15-17(24(30)31)10-11-27(15)23(29)12-16(28)13-26-25(32)33-14-22-20-8-4-2-6-18(20)19-7-3-5-9-21(19)22/h2-9,15-17,22,28H,10-14H2,1H3,(H,26,32)(H,30,31). The summed E-state index contributed by atoms with van der Waals surface area (Å²) in [6, 6.07) is 15.7. The normalized spacial score (nSPS) is 20.1. The summed E-state index contributed by atoms with van der Waals surface area (Å²) in [6.45, 7) is 2.08. The molecule has 3 atom stereocenters. The second-order valence-electron chi connectivity index (χ2n) is 8.63. The first-order chi connectivity index (χ1) is 15.9. The van der Waals surface area contributed by atoms with E-state index in [-0.39, 0.29) is 31.4 Å². The van der Waals surface area contributed by atoms with Crippen molar-refractivity contribution in [3.63, 3.8) is 0 Å². The van der Waals surface area contributed by atoms with E-state index in [1.807, 2.05) is 36.4 Å². The van der Waals surface area contributed by atoms with E-state index in [4.69, 9.17) is 4.74 Å². The lowest BCUT2D eigenvalue weighted by molar-refractivity contribution is -0.143. The van der Waals surface area contributed by atoms with Gasteiger partial charge in [-0.2, -0.15) is 0 Å². The molecule has 2 aromatic carbocycles. The minimum atomic E-state index is -1.09. The zero-order valence-electron chi connectivity index (χ0n) is 18.4. The van der Waals surface area contributed by atoms with Crippen molar-refractivity contribution in [1.29, 1.82) is 0 Å². The van der Waals surface area contributed by atoms with Gasteiger partial charge in [0.05, 0.1) is 18.4 Å². The number of alkyl carbamates (subject to hydrolysis) is 1. The molecule has 3 unspecified atom stereocenters. The van der Waals surface area contributed by atoms with Crippen LogP contribution in [0.15, 0.2) is 48.5 Å². The predicted octanol–water partition coefficient (Wildman–Crippen LogP) is 2.60. The first-order valence-corrected chi connectivity index (χ1v) is 11.2. The molecule has 8 nitrogen and oxygen atoms in total. The van der Waals surface area contributed by atoms with Crippen LogP contribution in [-0.2, 0) is 14.3 Å². The zero-order valence-corrected chi connectivity index (χ0v) is 18.4. The Labute approximate surface area is 192 Å². The van der Waals surface area contributed by atoms with Crippen molar-refractivity contribution in [2.45, 2.75) is 37.8 Å². The van der Waals surface area contributed by atoms with Gasteiger partial charge in [0.1, 0.15) is 6.61 Å². The van der Waals surface area contributed by atoms with Gasteiger partial charge in [0.2, 0.25) is 5.91 Å². The van der Waals surface area contributed by atoms with Crippen LogP contribution in [0.5, 0.6) is 0 Å². The molecule has 0 radical (unpaired) electrons. The number of aliphatic hydroxyl groups is 1. The van der Waals surface area contributed by atoms with E-state index >= 15 is 0 Å². The van der Waals surface area contributed by atoms with Crippen LogP contribution < -0.4 is 5.32 Å². The number of rotatable bonds is 7. The van der Waals surface area contributed by atoms with Crippen molar-refractivity contribution in [2.24, 2.45) is 5.92 Å². The predicted molar refractivity (Wildman–Crippen MR) is 121 cm³/mol. The molecule has 0 aromatic heterocycles. The highest BCUT2D eigenvalue weighted by Gasteiger charge is 2.38. The lowest BCUT2D eigenvalue weighted by atomic mass is 9.98. The average Bonchev–Trinajstić information content (AvgIpc) is 3.34. The van der Waals surface area contributed by atoms with Crippen molar-refractivity contribution < 1.29 is 29.3 Å². The number of amides is 2. The summed E-state index contributed by atoms with van der Waals surface area (Å²) in [5.41, 5.74) is 4.49. The molecule has 174 valence electrons.